The van der Waals surface area contributed by atoms with Crippen LogP contribution in [0.3, 0.4) is 0 Å². The fourth-order valence-electron chi connectivity index (χ4n) is 1.54. The van der Waals surface area contributed by atoms with E-state index in [-0.39, 0.29) is 6.04 Å². The maximum Gasteiger partial charge on any atom is 0.143 e. The smallest absolute Gasteiger partial charge is 0.143 e. The van der Waals surface area contributed by atoms with E-state index < -0.39 is 0 Å². The first-order valence-corrected chi connectivity index (χ1v) is 5.83. The highest BCUT2D eigenvalue weighted by Gasteiger charge is 2.21. The molecule has 0 bridgehead atoms. The first-order valence-electron chi connectivity index (χ1n) is 5.04. The Morgan fingerprint density at radius 3 is 2.75 bits per heavy atom. The maximum atomic E-state index is 5.64. The molecule has 0 aliphatic rings. The predicted molar refractivity (Wildman–Crippen MR) is 63.7 cm³/mol. The molecule has 0 amide bonds. The van der Waals surface area contributed by atoms with E-state index in [1.165, 1.54) is 0 Å². The van der Waals surface area contributed by atoms with E-state index in [4.69, 9.17) is 14.7 Å². The van der Waals surface area contributed by atoms with Crippen LogP contribution >= 0.6 is 15.9 Å². The minimum absolute atomic E-state index is 0.273. The molecule has 5 heteroatoms. The summed E-state index contributed by atoms with van der Waals surface area (Å²) in [6.07, 6.45) is 2.46. The summed E-state index contributed by atoms with van der Waals surface area (Å²) in [5.41, 5.74) is 2.68. The minimum atomic E-state index is -0.273. The van der Waals surface area contributed by atoms with Gasteiger partial charge in [0.05, 0.1) is 10.7 Å². The number of halogens is 1. The highest BCUT2D eigenvalue weighted by atomic mass is 79.9. The summed E-state index contributed by atoms with van der Waals surface area (Å²) in [7, 11) is 0. The topological polar surface area (TPSA) is 64.3 Å². The van der Waals surface area contributed by atoms with E-state index in [1.807, 2.05) is 25.1 Å². The van der Waals surface area contributed by atoms with Gasteiger partial charge in [-0.1, -0.05) is 6.92 Å². The van der Waals surface area contributed by atoms with Gasteiger partial charge in [0, 0.05) is 6.42 Å². The van der Waals surface area contributed by atoms with E-state index in [9.17, 15) is 0 Å². The standard InChI is InChI=1S/C11H13BrN2O2/c1-2-7-3-4-9(16-7)10(14-13)11-8(12)5-6-15-11/h3-6,10,14H,2,13H2,1H3. The Hall–Kier alpha value is -1.04. The van der Waals surface area contributed by atoms with Gasteiger partial charge in [-0.25, -0.2) is 5.43 Å². The van der Waals surface area contributed by atoms with Gasteiger partial charge in [-0.05, 0) is 34.1 Å². The van der Waals surface area contributed by atoms with Crippen LogP contribution in [0.4, 0.5) is 0 Å². The molecule has 0 aromatic carbocycles. The van der Waals surface area contributed by atoms with Gasteiger partial charge in [-0.15, -0.1) is 0 Å². The fourth-order valence-corrected chi connectivity index (χ4v) is 1.97. The van der Waals surface area contributed by atoms with Crippen LogP contribution in [0.1, 0.15) is 30.2 Å². The number of hydrogen-bond acceptors (Lipinski definition) is 4. The highest BCUT2D eigenvalue weighted by molar-refractivity contribution is 9.10. The van der Waals surface area contributed by atoms with Gasteiger partial charge in [0.2, 0.25) is 0 Å². The molecule has 4 nitrogen and oxygen atoms in total. The Labute approximate surface area is 102 Å². The summed E-state index contributed by atoms with van der Waals surface area (Å²) in [5, 5.41) is 0. The Kier molecular flexibility index (Phi) is 3.48. The molecule has 1 unspecified atom stereocenters. The Morgan fingerprint density at radius 1 is 1.44 bits per heavy atom. The Morgan fingerprint density at radius 2 is 2.25 bits per heavy atom. The summed E-state index contributed by atoms with van der Waals surface area (Å²) >= 11 is 3.40. The molecule has 2 aromatic heterocycles. The minimum Gasteiger partial charge on any atom is -0.466 e. The molecule has 3 N–H and O–H groups in total. The van der Waals surface area contributed by atoms with Gasteiger partial charge in [0.15, 0.2) is 0 Å². The third-order valence-electron chi connectivity index (χ3n) is 2.39. The SMILES string of the molecule is CCc1ccc(C(NN)c2occc2Br)o1. The number of rotatable bonds is 4. The lowest BCUT2D eigenvalue weighted by Gasteiger charge is -2.11. The number of furan rings is 2. The highest BCUT2D eigenvalue weighted by Crippen LogP contribution is 2.29. The average molecular weight is 285 g/mol. The molecular weight excluding hydrogens is 272 g/mol. The van der Waals surface area contributed by atoms with Gasteiger partial charge >= 0.3 is 0 Å². The molecule has 0 fully saturated rings. The van der Waals surface area contributed by atoms with Gasteiger partial charge in [-0.2, -0.15) is 0 Å². The number of hydrogen-bond donors (Lipinski definition) is 2. The second kappa shape index (κ2) is 4.86. The molecule has 0 saturated carbocycles. The van der Waals surface area contributed by atoms with Crippen LogP contribution in [-0.4, -0.2) is 0 Å². The monoisotopic (exact) mass is 284 g/mol. The second-order valence-corrected chi connectivity index (χ2v) is 4.24. The van der Waals surface area contributed by atoms with Crippen molar-refractivity contribution in [2.24, 2.45) is 5.84 Å². The first-order chi connectivity index (χ1) is 7.76. The molecule has 0 aliphatic heterocycles. The van der Waals surface area contributed by atoms with Crippen molar-refractivity contribution in [2.45, 2.75) is 19.4 Å². The fraction of sp³-hybridized carbons (Fsp3) is 0.273. The van der Waals surface area contributed by atoms with Crippen molar-refractivity contribution in [1.29, 1.82) is 0 Å². The molecule has 2 aromatic rings. The Bertz CT molecular complexity index is 464. The number of hydrazine groups is 1. The maximum absolute atomic E-state index is 5.64. The quantitative estimate of drug-likeness (QED) is 0.669. The van der Waals surface area contributed by atoms with Gasteiger partial charge in [0.25, 0.3) is 0 Å². The van der Waals surface area contributed by atoms with Crippen molar-refractivity contribution >= 4 is 15.9 Å². The normalized spacial score (nSPS) is 12.9. The summed E-state index contributed by atoms with van der Waals surface area (Å²) in [5.74, 6) is 7.91. The zero-order valence-electron chi connectivity index (χ0n) is 8.87. The van der Waals surface area contributed by atoms with E-state index >= 15 is 0 Å². The zero-order valence-corrected chi connectivity index (χ0v) is 10.5. The van der Waals surface area contributed by atoms with E-state index in [0.717, 1.165) is 22.4 Å². The number of nitrogens with one attached hydrogen (secondary N) is 1. The second-order valence-electron chi connectivity index (χ2n) is 3.39. The van der Waals surface area contributed by atoms with E-state index in [1.54, 1.807) is 6.26 Å². The molecule has 1 atom stereocenters. The molecular formula is C11H13BrN2O2. The Balaban J connectivity index is 2.32. The summed E-state index contributed by atoms with van der Waals surface area (Å²) < 4.78 is 11.9. The summed E-state index contributed by atoms with van der Waals surface area (Å²) in [4.78, 5) is 0. The lowest BCUT2D eigenvalue weighted by molar-refractivity contribution is 0.379. The van der Waals surface area contributed by atoms with Crippen molar-refractivity contribution in [3.8, 4) is 0 Å². The van der Waals surface area contributed by atoms with Crippen molar-refractivity contribution < 1.29 is 8.83 Å². The first kappa shape index (κ1) is 11.4. The van der Waals surface area contributed by atoms with Gasteiger partial charge in [-0.3, -0.25) is 5.84 Å². The lowest BCUT2D eigenvalue weighted by atomic mass is 10.2. The van der Waals surface area contributed by atoms with Crippen LogP contribution in [0.2, 0.25) is 0 Å². The van der Waals surface area contributed by atoms with Gasteiger partial charge < -0.3 is 8.83 Å². The van der Waals surface area contributed by atoms with E-state index in [2.05, 4.69) is 21.4 Å². The van der Waals surface area contributed by atoms with Crippen LogP contribution in [0.5, 0.6) is 0 Å². The average Bonchev–Trinajstić information content (AvgIpc) is 2.90. The molecule has 0 spiro atoms. The van der Waals surface area contributed by atoms with Crippen LogP contribution in [0.25, 0.3) is 0 Å². The molecule has 86 valence electrons. The summed E-state index contributed by atoms with van der Waals surface area (Å²) in [6, 6.07) is 5.39. The van der Waals surface area contributed by atoms with Gasteiger partial charge in [0.1, 0.15) is 23.3 Å². The molecule has 2 heterocycles. The largest absolute Gasteiger partial charge is 0.466 e. The molecule has 2 rings (SSSR count). The van der Waals surface area contributed by atoms with Crippen LogP contribution in [0.15, 0.2) is 37.8 Å². The molecule has 0 aliphatic carbocycles. The van der Waals surface area contributed by atoms with Crippen molar-refractivity contribution in [1.82, 2.24) is 5.43 Å². The zero-order chi connectivity index (χ0) is 11.5. The van der Waals surface area contributed by atoms with Crippen molar-refractivity contribution in [2.75, 3.05) is 0 Å². The van der Waals surface area contributed by atoms with Crippen molar-refractivity contribution in [3.05, 3.63) is 46.2 Å². The van der Waals surface area contributed by atoms with Crippen LogP contribution < -0.4 is 11.3 Å². The lowest BCUT2D eigenvalue weighted by Crippen LogP contribution is -2.28. The van der Waals surface area contributed by atoms with Crippen LogP contribution in [-0.2, 0) is 6.42 Å². The van der Waals surface area contributed by atoms with Crippen molar-refractivity contribution in [3.63, 3.8) is 0 Å². The summed E-state index contributed by atoms with van der Waals surface area (Å²) in [6.45, 7) is 2.04. The predicted octanol–water partition coefficient (Wildman–Crippen LogP) is 2.75. The number of nitrogens with two attached hydrogens (primary N) is 1. The number of aryl methyl sites for hydroxylation is 1. The van der Waals surface area contributed by atoms with Crippen LogP contribution in [0, 0.1) is 0 Å². The van der Waals surface area contributed by atoms with E-state index in [0.29, 0.717) is 5.76 Å². The molecule has 0 saturated heterocycles. The molecule has 0 radical (unpaired) electrons. The third-order valence-corrected chi connectivity index (χ3v) is 3.04. The third kappa shape index (κ3) is 2.07. The molecule has 16 heavy (non-hydrogen) atoms.